The molecule has 5 rings (SSSR count). The van der Waals surface area contributed by atoms with Gasteiger partial charge in [-0.15, -0.1) is 0 Å². The van der Waals surface area contributed by atoms with Gasteiger partial charge in [0.15, 0.2) is 11.3 Å². The molecular formula is C23H18ClF2N5O2. The molecule has 0 saturated heterocycles. The predicted molar refractivity (Wildman–Crippen MR) is 122 cm³/mol. The molecule has 4 heterocycles. The van der Waals surface area contributed by atoms with Gasteiger partial charge < -0.3 is 4.42 Å². The van der Waals surface area contributed by atoms with Crippen LogP contribution in [0.15, 0.2) is 45.7 Å². The van der Waals surface area contributed by atoms with Crippen LogP contribution in [0.5, 0.6) is 0 Å². The number of oxazole rings is 1. The van der Waals surface area contributed by atoms with Crippen LogP contribution in [0.4, 0.5) is 8.78 Å². The second kappa shape index (κ2) is 8.67. The quantitative estimate of drug-likeness (QED) is 0.315. The number of hydrogen-bond donors (Lipinski definition) is 0. The van der Waals surface area contributed by atoms with Crippen LogP contribution in [-0.4, -0.2) is 24.7 Å². The zero-order valence-corrected chi connectivity index (χ0v) is 18.9. The maximum Gasteiger partial charge on any atom is 0.252 e. The van der Waals surface area contributed by atoms with Gasteiger partial charge in [0.25, 0.3) is 5.89 Å². The third-order valence-corrected chi connectivity index (χ3v) is 5.12. The number of halogens is 3. The smallest absolute Gasteiger partial charge is 0.252 e. The lowest BCUT2D eigenvalue weighted by Crippen LogP contribution is -2.18. The Morgan fingerprint density at radius 3 is 2.55 bits per heavy atom. The Hall–Kier alpha value is -3.72. The van der Waals surface area contributed by atoms with Crippen LogP contribution in [0.2, 0.25) is 5.02 Å². The summed E-state index contributed by atoms with van der Waals surface area (Å²) in [5.74, 6) is -1.55. The van der Waals surface area contributed by atoms with Crippen molar-refractivity contribution in [3.8, 4) is 17.3 Å². The number of fused-ring (bicyclic) bond motifs is 2. The highest BCUT2D eigenvalue weighted by Gasteiger charge is 2.21. The summed E-state index contributed by atoms with van der Waals surface area (Å²) >= 11 is 5.89. The third-order valence-electron chi connectivity index (χ3n) is 4.89. The highest BCUT2D eigenvalue weighted by atomic mass is 35.5. The average Bonchev–Trinajstić information content (AvgIpc) is 3.20. The van der Waals surface area contributed by atoms with E-state index in [-0.39, 0.29) is 38.9 Å². The topological polar surface area (TPSA) is 86.7 Å². The molecule has 0 unspecified atom stereocenters. The number of hydrogen-bond acceptors (Lipinski definition) is 6. The molecule has 0 aliphatic heterocycles. The minimum absolute atomic E-state index is 0.0597. The first kappa shape index (κ1) is 22.5. The van der Waals surface area contributed by atoms with Crippen LogP contribution in [-0.2, 0) is 0 Å². The number of rotatable bonds is 2. The van der Waals surface area contributed by atoms with E-state index < -0.39 is 17.2 Å². The molecular weight excluding hydrogens is 452 g/mol. The van der Waals surface area contributed by atoms with Crippen LogP contribution in [0.25, 0.3) is 39.4 Å². The molecule has 0 fully saturated rings. The van der Waals surface area contributed by atoms with Crippen LogP contribution in [0.1, 0.15) is 25.1 Å². The second-order valence-corrected chi connectivity index (χ2v) is 7.37. The molecule has 5 aromatic rings. The number of benzene rings is 1. The summed E-state index contributed by atoms with van der Waals surface area (Å²) in [6.07, 6.45) is 1.18. The van der Waals surface area contributed by atoms with E-state index in [1.54, 1.807) is 13.0 Å². The summed E-state index contributed by atoms with van der Waals surface area (Å²) in [4.78, 5) is 25.3. The Bertz CT molecular complexity index is 1580. The predicted octanol–water partition coefficient (Wildman–Crippen LogP) is 5.56. The largest absolute Gasteiger partial charge is 0.434 e. The molecule has 33 heavy (non-hydrogen) atoms. The Morgan fingerprint density at radius 2 is 1.82 bits per heavy atom. The fraction of sp³-hybridized carbons (Fsp3) is 0.174. The minimum atomic E-state index is -0.755. The van der Waals surface area contributed by atoms with Gasteiger partial charge in [0.05, 0.1) is 11.7 Å². The Balaban J connectivity index is 0.00000126. The van der Waals surface area contributed by atoms with Gasteiger partial charge in [0, 0.05) is 16.8 Å². The normalized spacial score (nSPS) is 11.0. The van der Waals surface area contributed by atoms with Gasteiger partial charge in [0.1, 0.15) is 22.5 Å². The fourth-order valence-electron chi connectivity index (χ4n) is 3.22. The molecule has 10 heteroatoms. The monoisotopic (exact) mass is 469 g/mol. The molecule has 0 aliphatic carbocycles. The molecule has 0 N–H and O–H groups in total. The van der Waals surface area contributed by atoms with Gasteiger partial charge in [-0.1, -0.05) is 25.4 Å². The van der Waals surface area contributed by atoms with E-state index >= 15 is 0 Å². The van der Waals surface area contributed by atoms with Crippen molar-refractivity contribution in [1.29, 1.82) is 0 Å². The average molecular weight is 470 g/mol. The molecule has 0 spiro atoms. The zero-order valence-electron chi connectivity index (χ0n) is 18.2. The molecule has 0 atom stereocenters. The highest BCUT2D eigenvalue weighted by Crippen LogP contribution is 2.26. The van der Waals surface area contributed by atoms with E-state index in [0.717, 1.165) is 17.7 Å². The maximum atomic E-state index is 14.8. The van der Waals surface area contributed by atoms with Gasteiger partial charge in [-0.2, -0.15) is 9.49 Å². The molecule has 0 saturated carbocycles. The van der Waals surface area contributed by atoms with Crippen molar-refractivity contribution >= 4 is 33.7 Å². The van der Waals surface area contributed by atoms with Crippen molar-refractivity contribution in [3.63, 3.8) is 0 Å². The summed E-state index contributed by atoms with van der Waals surface area (Å²) in [6, 6.07) is 6.85. The van der Waals surface area contributed by atoms with Crippen molar-refractivity contribution in [2.24, 2.45) is 0 Å². The van der Waals surface area contributed by atoms with Crippen molar-refractivity contribution in [2.75, 3.05) is 0 Å². The molecule has 0 bridgehead atoms. The van der Waals surface area contributed by atoms with Gasteiger partial charge in [-0.3, -0.25) is 4.79 Å². The van der Waals surface area contributed by atoms with E-state index in [2.05, 4.69) is 20.1 Å². The van der Waals surface area contributed by atoms with E-state index in [0.29, 0.717) is 11.2 Å². The summed E-state index contributed by atoms with van der Waals surface area (Å²) in [6.45, 7) is 7.58. The molecule has 0 amide bonds. The lowest BCUT2D eigenvalue weighted by atomic mass is 10.1. The van der Waals surface area contributed by atoms with Crippen LogP contribution in [0, 0.1) is 25.6 Å². The molecule has 4 aromatic heterocycles. The first-order chi connectivity index (χ1) is 15.8. The van der Waals surface area contributed by atoms with Crippen LogP contribution in [0.3, 0.4) is 0 Å². The van der Waals surface area contributed by atoms with Gasteiger partial charge >= 0.3 is 0 Å². The fourth-order valence-corrected chi connectivity index (χ4v) is 3.38. The Kier molecular flexibility index (Phi) is 5.90. The van der Waals surface area contributed by atoms with Crippen LogP contribution < -0.4 is 5.43 Å². The Labute approximate surface area is 191 Å². The molecule has 168 valence electrons. The zero-order chi connectivity index (χ0) is 23.9. The molecule has 7 nitrogen and oxygen atoms in total. The number of pyridine rings is 2. The third kappa shape index (κ3) is 3.95. The first-order valence-electron chi connectivity index (χ1n) is 10.1. The lowest BCUT2D eigenvalue weighted by molar-refractivity contribution is 0.573. The van der Waals surface area contributed by atoms with E-state index in [4.69, 9.17) is 16.0 Å². The van der Waals surface area contributed by atoms with Crippen molar-refractivity contribution < 1.29 is 13.2 Å². The van der Waals surface area contributed by atoms with Crippen molar-refractivity contribution in [2.45, 2.75) is 27.7 Å². The summed E-state index contributed by atoms with van der Waals surface area (Å²) in [5.41, 5.74) is 1.45. The van der Waals surface area contributed by atoms with Crippen molar-refractivity contribution in [3.05, 3.63) is 74.8 Å². The summed E-state index contributed by atoms with van der Waals surface area (Å²) in [5, 5.41) is 4.54. The molecule has 0 aliphatic rings. The standard InChI is InChI=1S/C21H12ClF2N5O2.C2H6/c1-9-5-15-18(26-10(9)2)20(30)19(21-27-13-8-25-17(24)7-16(13)31-21)28-29(15)14-4-3-11(22)6-12(14)23;1-2/h3-8H,1-2H3;1-2H3. The number of nitrogens with zero attached hydrogens (tertiary/aromatic N) is 5. The molecule has 0 radical (unpaired) electrons. The van der Waals surface area contributed by atoms with Gasteiger partial charge in [0.2, 0.25) is 11.4 Å². The number of aromatic nitrogens is 5. The van der Waals surface area contributed by atoms with Gasteiger partial charge in [-0.25, -0.2) is 24.0 Å². The number of aryl methyl sites for hydroxylation is 2. The van der Waals surface area contributed by atoms with E-state index in [9.17, 15) is 13.6 Å². The maximum absolute atomic E-state index is 14.8. The summed E-state index contributed by atoms with van der Waals surface area (Å²) < 4.78 is 35.0. The van der Waals surface area contributed by atoms with E-state index in [1.807, 2.05) is 20.8 Å². The highest BCUT2D eigenvalue weighted by molar-refractivity contribution is 6.30. The Morgan fingerprint density at radius 1 is 1.06 bits per heavy atom. The summed E-state index contributed by atoms with van der Waals surface area (Å²) in [7, 11) is 0. The second-order valence-electron chi connectivity index (χ2n) is 6.94. The minimum Gasteiger partial charge on any atom is -0.434 e. The van der Waals surface area contributed by atoms with Crippen molar-refractivity contribution in [1.82, 2.24) is 24.7 Å². The molecule has 1 aromatic carbocycles. The lowest BCUT2D eigenvalue weighted by Gasteiger charge is -2.13. The van der Waals surface area contributed by atoms with E-state index in [1.165, 1.54) is 23.0 Å². The van der Waals surface area contributed by atoms with Crippen LogP contribution >= 0.6 is 11.6 Å². The SMILES string of the molecule is CC.Cc1cc2c(nc1C)c(=O)c(-c1nc3cnc(F)cc3o1)nn2-c1ccc(Cl)cc1F. The van der Waals surface area contributed by atoms with Gasteiger partial charge in [-0.05, 0) is 43.7 Å². The first-order valence-corrected chi connectivity index (χ1v) is 10.5.